The van der Waals surface area contributed by atoms with Crippen molar-refractivity contribution in [3.8, 4) is 0 Å². The van der Waals surface area contributed by atoms with E-state index in [4.69, 9.17) is 0 Å². The van der Waals surface area contributed by atoms with Gasteiger partial charge < -0.3 is 0 Å². The molecule has 1 nitrogen and oxygen atoms in total. The molecule has 7 heavy (non-hydrogen) atoms. The maximum atomic E-state index is 10.1. The van der Waals surface area contributed by atoms with Crippen LogP contribution < -0.4 is 0 Å². The van der Waals surface area contributed by atoms with Crippen LogP contribution in [0.25, 0.3) is 0 Å². The maximum Gasteiger partial charge on any atom is 0.199 e. The fourth-order valence-corrected chi connectivity index (χ4v) is 0.479. The molecule has 0 saturated heterocycles. The van der Waals surface area contributed by atoms with E-state index >= 15 is 0 Å². The lowest BCUT2D eigenvalue weighted by molar-refractivity contribution is -0.110. The van der Waals surface area contributed by atoms with Crippen LogP contribution in [0.4, 0.5) is 0 Å². The number of carbonyl (C=O) groups excluding carboxylic acids is 1. The van der Waals surface area contributed by atoms with Gasteiger partial charge in [0.2, 0.25) is 0 Å². The van der Waals surface area contributed by atoms with Crippen LogP contribution in [0.15, 0.2) is 0 Å². The van der Waals surface area contributed by atoms with Crippen LogP contribution in [-0.4, -0.2) is 16.1 Å². The fourth-order valence-electron chi connectivity index (χ4n) is 0.0781. The molecule has 0 aromatic rings. The van der Waals surface area contributed by atoms with Gasteiger partial charge in [-0.2, -0.15) is 25.3 Å². The molecule has 0 N–H and O–H groups in total. The van der Waals surface area contributed by atoms with Crippen molar-refractivity contribution in [2.24, 2.45) is 0 Å². The SMILES string of the molecule is O=C(S)C(S)CS. The van der Waals surface area contributed by atoms with Crippen molar-refractivity contribution in [1.82, 2.24) is 0 Å². The van der Waals surface area contributed by atoms with Crippen LogP contribution >= 0.6 is 37.9 Å². The molecule has 0 aromatic heterocycles. The monoisotopic (exact) mass is 154 g/mol. The number of thiol groups is 3. The third-order valence-electron chi connectivity index (χ3n) is 0.458. The zero-order valence-corrected chi connectivity index (χ0v) is 6.22. The molecule has 1 unspecified atom stereocenters. The molecule has 0 radical (unpaired) electrons. The molecule has 0 heterocycles. The summed E-state index contributed by atoms with van der Waals surface area (Å²) in [5.41, 5.74) is 0. The van der Waals surface area contributed by atoms with Gasteiger partial charge in [-0.05, 0) is 0 Å². The molecular formula is C3H6OS3. The smallest absolute Gasteiger partial charge is 0.199 e. The van der Waals surface area contributed by atoms with Gasteiger partial charge in [-0.1, -0.05) is 0 Å². The Hall–Kier alpha value is 0.720. The first-order valence-corrected chi connectivity index (χ1v) is 3.30. The average Bonchev–Trinajstić information content (AvgIpc) is 1.65. The van der Waals surface area contributed by atoms with E-state index in [1.807, 2.05) is 0 Å². The summed E-state index contributed by atoms with van der Waals surface area (Å²) in [5.74, 6) is 0.450. The van der Waals surface area contributed by atoms with Crippen molar-refractivity contribution in [2.45, 2.75) is 5.25 Å². The van der Waals surface area contributed by atoms with Crippen molar-refractivity contribution in [3.05, 3.63) is 0 Å². The molecule has 0 fully saturated rings. The third-order valence-corrected chi connectivity index (χ3v) is 2.04. The van der Waals surface area contributed by atoms with E-state index in [0.717, 1.165) is 0 Å². The highest BCUT2D eigenvalue weighted by Gasteiger charge is 2.04. The molecule has 0 aliphatic carbocycles. The van der Waals surface area contributed by atoms with E-state index in [1.165, 1.54) is 0 Å². The predicted octanol–water partition coefficient (Wildman–Crippen LogP) is 0.671. The van der Waals surface area contributed by atoms with Crippen molar-refractivity contribution in [3.63, 3.8) is 0 Å². The van der Waals surface area contributed by atoms with Crippen LogP contribution in [0.1, 0.15) is 0 Å². The van der Waals surface area contributed by atoms with Crippen LogP contribution in [0, 0.1) is 0 Å². The number of carbonyl (C=O) groups is 1. The molecule has 4 heteroatoms. The Bertz CT molecular complexity index is 72.6. The van der Waals surface area contributed by atoms with Gasteiger partial charge in [-0.3, -0.25) is 4.79 Å². The number of hydrogen-bond acceptors (Lipinski definition) is 3. The van der Waals surface area contributed by atoms with Crippen molar-refractivity contribution >= 4 is 43.0 Å². The van der Waals surface area contributed by atoms with E-state index in [1.54, 1.807) is 0 Å². The van der Waals surface area contributed by atoms with Gasteiger partial charge in [-0.15, -0.1) is 12.6 Å². The fraction of sp³-hybridized carbons (Fsp3) is 0.667. The number of hydrogen-bond donors (Lipinski definition) is 3. The Labute approximate surface area is 59.1 Å². The second kappa shape index (κ2) is 3.69. The second-order valence-electron chi connectivity index (χ2n) is 1.04. The van der Waals surface area contributed by atoms with Gasteiger partial charge in [0.05, 0.1) is 5.25 Å². The van der Waals surface area contributed by atoms with Crippen LogP contribution in [0.3, 0.4) is 0 Å². The summed E-state index contributed by atoms with van der Waals surface area (Å²) in [6.45, 7) is 0. The zero-order valence-electron chi connectivity index (χ0n) is 3.53. The Morgan fingerprint density at radius 3 is 2.14 bits per heavy atom. The second-order valence-corrected chi connectivity index (χ2v) is 2.47. The summed E-state index contributed by atoms with van der Waals surface area (Å²) in [4.78, 5) is 10.1. The maximum absolute atomic E-state index is 10.1. The zero-order chi connectivity index (χ0) is 5.86. The lowest BCUT2D eigenvalue weighted by Crippen LogP contribution is -2.08. The Balaban J connectivity index is 3.34. The molecule has 0 bridgehead atoms. The molecule has 42 valence electrons. The molecule has 0 aliphatic heterocycles. The van der Waals surface area contributed by atoms with Gasteiger partial charge in [0.15, 0.2) is 5.12 Å². The summed E-state index contributed by atoms with van der Waals surface area (Å²) in [7, 11) is 0. The van der Waals surface area contributed by atoms with E-state index in [9.17, 15) is 4.79 Å². The van der Waals surface area contributed by atoms with Gasteiger partial charge in [-0.25, -0.2) is 0 Å². The topological polar surface area (TPSA) is 17.1 Å². The van der Waals surface area contributed by atoms with E-state index in [0.29, 0.717) is 5.75 Å². The molecule has 0 aromatic carbocycles. The molecule has 0 spiro atoms. The van der Waals surface area contributed by atoms with Crippen LogP contribution in [-0.2, 0) is 4.79 Å². The quantitative estimate of drug-likeness (QED) is 0.498. The minimum Gasteiger partial charge on any atom is -0.286 e. The first-order valence-electron chi connectivity index (χ1n) is 1.70. The highest BCUT2D eigenvalue weighted by Crippen LogP contribution is 2.00. The van der Waals surface area contributed by atoms with Gasteiger partial charge in [0.25, 0.3) is 0 Å². The lowest BCUT2D eigenvalue weighted by atomic mass is 10.5. The summed E-state index contributed by atoms with van der Waals surface area (Å²) in [6.07, 6.45) is 0. The van der Waals surface area contributed by atoms with Gasteiger partial charge in [0.1, 0.15) is 0 Å². The van der Waals surface area contributed by atoms with Crippen LogP contribution in [0.5, 0.6) is 0 Å². The van der Waals surface area contributed by atoms with E-state index in [2.05, 4.69) is 37.9 Å². The molecule has 0 amide bonds. The molecule has 0 saturated carbocycles. The summed E-state index contributed by atoms with van der Waals surface area (Å²) < 4.78 is 0. The summed E-state index contributed by atoms with van der Waals surface area (Å²) in [6, 6.07) is 0. The first-order chi connectivity index (χ1) is 3.18. The van der Waals surface area contributed by atoms with Gasteiger partial charge in [0, 0.05) is 5.75 Å². The van der Waals surface area contributed by atoms with E-state index < -0.39 is 0 Å². The van der Waals surface area contributed by atoms with Crippen molar-refractivity contribution in [1.29, 1.82) is 0 Å². The normalized spacial score (nSPS) is 13.6. The van der Waals surface area contributed by atoms with Gasteiger partial charge >= 0.3 is 0 Å². The summed E-state index contributed by atoms with van der Waals surface area (Å²) >= 11 is 11.1. The minimum atomic E-state index is -0.313. The Morgan fingerprint density at radius 1 is 1.71 bits per heavy atom. The molecule has 1 atom stereocenters. The first kappa shape index (κ1) is 7.72. The molecule has 0 aliphatic rings. The largest absolute Gasteiger partial charge is 0.286 e. The standard InChI is InChI=1S/C3H6OS3/c4-3(7)2(6)1-5/h2,5-6H,1H2,(H,4,7). The van der Waals surface area contributed by atoms with Crippen molar-refractivity contribution < 1.29 is 4.79 Å². The Kier molecular flexibility index (Phi) is 4.07. The van der Waals surface area contributed by atoms with E-state index in [-0.39, 0.29) is 10.4 Å². The van der Waals surface area contributed by atoms with Crippen LogP contribution in [0.2, 0.25) is 0 Å². The summed E-state index contributed by atoms with van der Waals surface area (Å²) in [5, 5.41) is -0.537. The predicted molar refractivity (Wildman–Crippen MR) is 40.6 cm³/mol. The highest BCUT2D eigenvalue weighted by atomic mass is 32.1. The Morgan fingerprint density at radius 2 is 2.14 bits per heavy atom. The minimum absolute atomic E-state index is 0.224. The number of rotatable bonds is 2. The third kappa shape index (κ3) is 3.32. The highest BCUT2D eigenvalue weighted by molar-refractivity contribution is 7.99. The molecule has 0 rings (SSSR count). The molecular weight excluding hydrogens is 148 g/mol. The average molecular weight is 154 g/mol. The van der Waals surface area contributed by atoms with Crippen molar-refractivity contribution in [2.75, 3.05) is 5.75 Å². The lowest BCUT2D eigenvalue weighted by Gasteiger charge is -1.95.